The van der Waals surface area contributed by atoms with Crippen molar-refractivity contribution >= 4 is 11.9 Å². The van der Waals surface area contributed by atoms with Crippen molar-refractivity contribution < 1.29 is 29.6 Å². The summed E-state index contributed by atoms with van der Waals surface area (Å²) in [5, 5.41) is 32.5. The topological polar surface area (TPSA) is 104 Å². The van der Waals surface area contributed by atoms with Crippen LogP contribution in [0.1, 0.15) is 99.3 Å². The predicted molar refractivity (Wildman–Crippen MR) is 140 cm³/mol. The molecule has 0 bridgehead atoms. The number of aliphatic hydroxyl groups is 2. The van der Waals surface area contributed by atoms with Crippen LogP contribution in [-0.2, 0) is 14.3 Å². The van der Waals surface area contributed by atoms with E-state index in [1.807, 2.05) is 6.92 Å². The number of aliphatic hydroxyl groups excluding tert-OH is 2. The second-order valence-corrected chi connectivity index (χ2v) is 15.1. The maximum Gasteiger partial charge on any atom is 0.311 e. The van der Waals surface area contributed by atoms with Crippen molar-refractivity contribution in [2.24, 2.45) is 50.2 Å². The number of rotatable bonds is 2. The third kappa shape index (κ3) is 3.24. The summed E-state index contributed by atoms with van der Waals surface area (Å²) in [5.74, 6) is -0.485. The molecular formula is C31H48O6. The summed E-state index contributed by atoms with van der Waals surface area (Å²) < 4.78 is 5.19. The molecule has 0 aromatic rings. The summed E-state index contributed by atoms with van der Waals surface area (Å²) in [7, 11) is 1.43. The Balaban J connectivity index is 1.60. The monoisotopic (exact) mass is 516 g/mol. The van der Waals surface area contributed by atoms with Crippen LogP contribution in [0.3, 0.4) is 0 Å². The molecule has 5 rings (SSSR count). The van der Waals surface area contributed by atoms with E-state index in [2.05, 4.69) is 40.7 Å². The summed E-state index contributed by atoms with van der Waals surface area (Å²) in [6, 6.07) is 0. The van der Waals surface area contributed by atoms with Gasteiger partial charge in [0, 0.05) is 0 Å². The van der Waals surface area contributed by atoms with E-state index in [9.17, 15) is 24.9 Å². The van der Waals surface area contributed by atoms with Gasteiger partial charge in [0.2, 0.25) is 0 Å². The number of allylic oxidation sites excluding steroid dienone is 2. The molecule has 0 amide bonds. The van der Waals surface area contributed by atoms with Gasteiger partial charge in [0.05, 0.1) is 30.1 Å². The van der Waals surface area contributed by atoms with Gasteiger partial charge >= 0.3 is 11.9 Å². The molecule has 0 aliphatic heterocycles. The van der Waals surface area contributed by atoms with Gasteiger partial charge in [-0.2, -0.15) is 0 Å². The van der Waals surface area contributed by atoms with Crippen LogP contribution < -0.4 is 0 Å². The Bertz CT molecular complexity index is 1030. The molecule has 0 spiro atoms. The minimum absolute atomic E-state index is 0.0514. The number of esters is 1. The molecule has 4 fully saturated rings. The van der Waals surface area contributed by atoms with Crippen molar-refractivity contribution in [1.29, 1.82) is 0 Å². The Morgan fingerprint density at radius 1 is 0.919 bits per heavy atom. The van der Waals surface area contributed by atoms with Gasteiger partial charge in [-0.15, -0.1) is 0 Å². The number of carboxylic acid groups (broad SMARTS) is 1. The summed E-state index contributed by atoms with van der Waals surface area (Å²) in [6.45, 7) is 13.3. The largest absolute Gasteiger partial charge is 0.481 e. The van der Waals surface area contributed by atoms with Crippen LogP contribution in [0.2, 0.25) is 0 Å². The molecule has 0 aromatic heterocycles. The molecule has 0 heterocycles. The van der Waals surface area contributed by atoms with Crippen molar-refractivity contribution in [3.8, 4) is 0 Å². The zero-order valence-electron chi connectivity index (χ0n) is 23.9. The Morgan fingerprint density at radius 2 is 1.57 bits per heavy atom. The number of carbonyl (C=O) groups excluding carboxylic acids is 1. The molecule has 4 saturated carbocycles. The molecule has 10 atom stereocenters. The highest BCUT2D eigenvalue weighted by Crippen LogP contribution is 2.75. The number of fused-ring (bicyclic) bond motifs is 7. The molecular weight excluding hydrogens is 468 g/mol. The first-order valence-electron chi connectivity index (χ1n) is 14.4. The van der Waals surface area contributed by atoms with E-state index in [0.29, 0.717) is 43.9 Å². The van der Waals surface area contributed by atoms with Gasteiger partial charge in [-0.05, 0) is 104 Å². The lowest BCUT2D eigenvalue weighted by Crippen LogP contribution is -2.67. The summed E-state index contributed by atoms with van der Waals surface area (Å²) in [5.41, 5.74) is -0.947. The van der Waals surface area contributed by atoms with Gasteiger partial charge in [-0.1, -0.05) is 46.3 Å². The fourth-order valence-electron chi connectivity index (χ4n) is 11.0. The highest BCUT2D eigenvalue weighted by Gasteiger charge is 2.70. The number of carbonyl (C=O) groups is 2. The number of ether oxygens (including phenoxy) is 1. The van der Waals surface area contributed by atoms with Crippen LogP contribution in [0.4, 0.5) is 0 Å². The van der Waals surface area contributed by atoms with Crippen molar-refractivity contribution in [3.63, 3.8) is 0 Å². The zero-order valence-corrected chi connectivity index (χ0v) is 23.9. The lowest BCUT2D eigenvalue weighted by molar-refractivity contribution is -0.232. The molecule has 0 aromatic carbocycles. The normalized spacial score (nSPS) is 52.5. The standard InChI is InChI=1S/C31H48O6/c1-26(2)21-10-11-30(6)22(28(21,4)17-20(32)23(26)33)9-8-18-19-16-27(3,25(36)37-7)12-14-31(19,24(34)35)15-13-29(18,30)5/h8,19-23,32-33H,9-17H2,1-7H3,(H,34,35)/t19-,20-,21-,22+,23-,27-,28-,29+,30+,31-/m0/s1. The van der Waals surface area contributed by atoms with Gasteiger partial charge in [-0.3, -0.25) is 9.59 Å². The van der Waals surface area contributed by atoms with Crippen LogP contribution in [0, 0.1) is 50.2 Å². The van der Waals surface area contributed by atoms with Gasteiger partial charge in [0.15, 0.2) is 0 Å². The maximum absolute atomic E-state index is 12.9. The minimum atomic E-state index is -0.823. The van der Waals surface area contributed by atoms with E-state index in [1.165, 1.54) is 12.7 Å². The van der Waals surface area contributed by atoms with Gasteiger partial charge < -0.3 is 20.1 Å². The molecule has 3 N–H and O–H groups in total. The van der Waals surface area contributed by atoms with Gasteiger partial charge in [-0.25, -0.2) is 0 Å². The van der Waals surface area contributed by atoms with E-state index < -0.39 is 29.0 Å². The number of carboxylic acids is 1. The van der Waals surface area contributed by atoms with Gasteiger partial charge in [0.25, 0.3) is 0 Å². The first-order chi connectivity index (χ1) is 17.0. The SMILES string of the molecule is COC(=O)[C@@]1(C)CC[C@]2(C(=O)O)CC[C@]3(C)C(=CC[C@@H]4[C@@]5(C)C[C@H](O)[C@H](O)C(C)(C)[C@@H]5CC[C@]43C)[C@@H]2C1. The Hall–Kier alpha value is -1.40. The van der Waals surface area contributed by atoms with E-state index in [0.717, 1.165) is 25.7 Å². The van der Waals surface area contributed by atoms with Crippen LogP contribution in [-0.4, -0.2) is 46.6 Å². The van der Waals surface area contributed by atoms with E-state index >= 15 is 0 Å². The third-order valence-electron chi connectivity index (χ3n) is 13.5. The Labute approximate surface area is 222 Å². The Kier molecular flexibility index (Phi) is 5.92. The fourth-order valence-corrected chi connectivity index (χ4v) is 11.0. The average Bonchev–Trinajstić information content (AvgIpc) is 2.82. The molecule has 37 heavy (non-hydrogen) atoms. The first-order valence-corrected chi connectivity index (χ1v) is 14.4. The van der Waals surface area contributed by atoms with Crippen LogP contribution >= 0.6 is 0 Å². The van der Waals surface area contributed by atoms with E-state index in [-0.39, 0.29) is 33.5 Å². The number of methoxy groups -OCH3 is 1. The molecule has 0 radical (unpaired) electrons. The molecule has 6 heteroatoms. The second kappa shape index (κ2) is 8.06. The molecule has 6 nitrogen and oxygen atoms in total. The summed E-state index contributed by atoms with van der Waals surface area (Å²) in [4.78, 5) is 25.7. The number of hydrogen-bond acceptors (Lipinski definition) is 5. The fraction of sp³-hybridized carbons (Fsp3) is 0.871. The lowest BCUT2D eigenvalue weighted by atomic mass is 9.33. The smallest absolute Gasteiger partial charge is 0.311 e. The molecule has 0 unspecified atom stereocenters. The first kappa shape index (κ1) is 27.2. The highest BCUT2D eigenvalue weighted by atomic mass is 16.5. The van der Waals surface area contributed by atoms with Crippen LogP contribution in [0.5, 0.6) is 0 Å². The van der Waals surface area contributed by atoms with Crippen molar-refractivity contribution in [2.75, 3.05) is 7.11 Å². The lowest BCUT2D eigenvalue weighted by Gasteiger charge is -2.71. The molecule has 0 saturated heterocycles. The number of aliphatic carboxylic acids is 1. The minimum Gasteiger partial charge on any atom is -0.481 e. The van der Waals surface area contributed by atoms with Crippen molar-refractivity contribution in [1.82, 2.24) is 0 Å². The maximum atomic E-state index is 12.9. The van der Waals surface area contributed by atoms with E-state index in [4.69, 9.17) is 4.74 Å². The van der Waals surface area contributed by atoms with E-state index in [1.54, 1.807) is 0 Å². The average molecular weight is 517 g/mol. The summed E-state index contributed by atoms with van der Waals surface area (Å²) >= 11 is 0. The Morgan fingerprint density at radius 3 is 2.19 bits per heavy atom. The van der Waals surface area contributed by atoms with Crippen LogP contribution in [0.25, 0.3) is 0 Å². The molecule has 5 aliphatic rings. The van der Waals surface area contributed by atoms with Crippen LogP contribution in [0.15, 0.2) is 11.6 Å². The third-order valence-corrected chi connectivity index (χ3v) is 13.5. The second-order valence-electron chi connectivity index (χ2n) is 15.1. The van der Waals surface area contributed by atoms with Crippen molar-refractivity contribution in [3.05, 3.63) is 11.6 Å². The van der Waals surface area contributed by atoms with Crippen molar-refractivity contribution in [2.45, 2.75) is 112 Å². The number of hydrogen-bond donors (Lipinski definition) is 3. The quantitative estimate of drug-likeness (QED) is 0.337. The molecule has 208 valence electrons. The zero-order chi connectivity index (χ0) is 27.4. The summed E-state index contributed by atoms with van der Waals surface area (Å²) in [6.07, 6.45) is 7.42. The molecule has 5 aliphatic carbocycles. The highest BCUT2D eigenvalue weighted by molar-refractivity contribution is 5.80. The van der Waals surface area contributed by atoms with Gasteiger partial charge in [0.1, 0.15) is 0 Å². The predicted octanol–water partition coefficient (Wildman–Crippen LogP) is 5.36.